The number of aliphatic carboxylic acids is 1. The van der Waals surface area contributed by atoms with Crippen LogP contribution in [0.25, 0.3) is 27.5 Å². The number of hydrogen-bond acceptors (Lipinski definition) is 3. The lowest BCUT2D eigenvalue weighted by atomic mass is 9.93. The van der Waals surface area contributed by atoms with Crippen molar-refractivity contribution in [2.45, 2.75) is 20.3 Å². The summed E-state index contributed by atoms with van der Waals surface area (Å²) in [4.78, 5) is 13.8. The van der Waals surface area contributed by atoms with Gasteiger partial charge in [0.25, 0.3) is 0 Å². The highest BCUT2D eigenvalue weighted by Crippen LogP contribution is 2.35. The summed E-state index contributed by atoms with van der Waals surface area (Å²) < 4.78 is 5.96. The average molecular weight is 337 g/mol. The van der Waals surface area contributed by atoms with E-state index in [0.717, 1.165) is 53.6 Å². The molecule has 0 atom stereocenters. The minimum Gasteiger partial charge on any atom is -0.478 e. The normalized spacial score (nSPS) is 11.5. The van der Waals surface area contributed by atoms with Gasteiger partial charge in [-0.25, -0.2) is 4.79 Å². The maximum absolute atomic E-state index is 11.5. The van der Waals surface area contributed by atoms with Crippen LogP contribution in [0, 0.1) is 0 Å². The molecule has 0 bridgehead atoms. The molecule has 0 aliphatic carbocycles. The fraction of sp³-hybridized carbons (Fsp3) is 0.286. The predicted octanol–water partition coefficient (Wildman–Crippen LogP) is 4.57. The van der Waals surface area contributed by atoms with Crippen LogP contribution >= 0.6 is 0 Å². The smallest absolute Gasteiger partial charge is 0.335 e. The van der Waals surface area contributed by atoms with Crippen LogP contribution in [0.4, 0.5) is 0 Å². The minimum atomic E-state index is -0.990. The van der Waals surface area contributed by atoms with Crippen molar-refractivity contribution in [3.05, 3.63) is 54.1 Å². The third-order valence-electron chi connectivity index (χ3n) is 4.81. The molecule has 0 amide bonds. The molecule has 1 N–H and O–H groups in total. The summed E-state index contributed by atoms with van der Waals surface area (Å²) >= 11 is 0. The van der Waals surface area contributed by atoms with E-state index in [2.05, 4.69) is 25.3 Å². The highest BCUT2D eigenvalue weighted by Gasteiger charge is 2.19. The number of carbonyl (C=O) groups is 1. The van der Waals surface area contributed by atoms with Crippen LogP contribution in [-0.2, 0) is 11.2 Å². The Labute approximate surface area is 147 Å². The Bertz CT molecular complexity index is 935. The summed E-state index contributed by atoms with van der Waals surface area (Å²) in [6.45, 7) is 10.8. The molecular weight excluding hydrogens is 314 g/mol. The molecule has 3 rings (SSSR count). The van der Waals surface area contributed by atoms with Gasteiger partial charge in [-0.1, -0.05) is 44.7 Å². The van der Waals surface area contributed by atoms with Crippen molar-refractivity contribution in [3.8, 4) is 0 Å². The summed E-state index contributed by atoms with van der Waals surface area (Å²) in [6, 6.07) is 11.5. The fourth-order valence-corrected chi connectivity index (χ4v) is 3.35. The molecule has 3 aromatic rings. The lowest BCUT2D eigenvalue weighted by Gasteiger charge is -2.19. The van der Waals surface area contributed by atoms with Crippen molar-refractivity contribution in [3.63, 3.8) is 0 Å². The zero-order valence-corrected chi connectivity index (χ0v) is 14.7. The SMILES string of the molecule is C=C(C(=O)O)c1ccc2oc3ccccc3c2c1CCN(CC)CC. The first-order valence-corrected chi connectivity index (χ1v) is 8.64. The predicted molar refractivity (Wildman–Crippen MR) is 102 cm³/mol. The van der Waals surface area contributed by atoms with E-state index in [0.29, 0.717) is 5.56 Å². The van der Waals surface area contributed by atoms with Crippen LogP contribution in [0.15, 0.2) is 47.4 Å². The number of carboxylic acids is 1. The van der Waals surface area contributed by atoms with Crippen LogP contribution in [0.1, 0.15) is 25.0 Å². The number of fused-ring (bicyclic) bond motifs is 3. The van der Waals surface area contributed by atoms with Gasteiger partial charge in [-0.2, -0.15) is 0 Å². The standard InChI is InChI=1S/C21H23NO3/c1-4-22(5-2)13-12-16-15(14(3)21(23)24)10-11-19-20(16)17-8-6-7-9-18(17)25-19/h6-11H,3-5,12-13H2,1-2H3,(H,23,24). The van der Waals surface area contributed by atoms with Crippen LogP contribution in [0.3, 0.4) is 0 Å². The van der Waals surface area contributed by atoms with E-state index in [4.69, 9.17) is 4.42 Å². The monoisotopic (exact) mass is 337 g/mol. The number of hydrogen-bond donors (Lipinski definition) is 1. The Balaban J connectivity index is 2.20. The van der Waals surface area contributed by atoms with Crippen molar-refractivity contribution in [1.82, 2.24) is 4.90 Å². The third kappa shape index (κ3) is 3.17. The molecule has 0 unspecified atom stereocenters. The number of benzene rings is 2. The summed E-state index contributed by atoms with van der Waals surface area (Å²) in [5.41, 5.74) is 3.43. The van der Waals surface area contributed by atoms with E-state index in [1.165, 1.54) is 0 Å². The molecule has 0 aliphatic rings. The Hall–Kier alpha value is -2.59. The molecule has 4 heteroatoms. The van der Waals surface area contributed by atoms with Crippen LogP contribution in [0.2, 0.25) is 0 Å². The van der Waals surface area contributed by atoms with E-state index in [1.54, 1.807) is 0 Å². The Morgan fingerprint density at radius 1 is 1.12 bits per heavy atom. The van der Waals surface area contributed by atoms with Gasteiger partial charge in [-0.05, 0) is 42.8 Å². The van der Waals surface area contributed by atoms with E-state index in [9.17, 15) is 9.90 Å². The molecule has 0 fully saturated rings. The van der Waals surface area contributed by atoms with Gasteiger partial charge in [-0.15, -0.1) is 0 Å². The Morgan fingerprint density at radius 3 is 2.52 bits per heavy atom. The van der Waals surface area contributed by atoms with Gasteiger partial charge < -0.3 is 14.4 Å². The van der Waals surface area contributed by atoms with E-state index in [-0.39, 0.29) is 5.57 Å². The molecule has 0 spiro atoms. The lowest BCUT2D eigenvalue weighted by molar-refractivity contribution is -0.130. The van der Waals surface area contributed by atoms with E-state index in [1.807, 2.05) is 36.4 Å². The van der Waals surface area contributed by atoms with Crippen LogP contribution < -0.4 is 0 Å². The van der Waals surface area contributed by atoms with Crippen molar-refractivity contribution in [2.75, 3.05) is 19.6 Å². The van der Waals surface area contributed by atoms with Gasteiger partial charge in [-0.3, -0.25) is 0 Å². The molecule has 0 saturated carbocycles. The summed E-state index contributed by atoms with van der Waals surface area (Å²) in [5, 5.41) is 11.5. The van der Waals surface area contributed by atoms with Gasteiger partial charge in [0, 0.05) is 17.3 Å². The quantitative estimate of drug-likeness (QED) is 0.642. The Morgan fingerprint density at radius 2 is 1.84 bits per heavy atom. The molecule has 4 nitrogen and oxygen atoms in total. The summed E-state index contributed by atoms with van der Waals surface area (Å²) in [5.74, 6) is -0.990. The molecule has 1 aromatic heterocycles. The van der Waals surface area contributed by atoms with E-state index < -0.39 is 5.97 Å². The number of carboxylic acid groups (broad SMARTS) is 1. The fourth-order valence-electron chi connectivity index (χ4n) is 3.35. The largest absolute Gasteiger partial charge is 0.478 e. The molecule has 130 valence electrons. The topological polar surface area (TPSA) is 53.7 Å². The first-order valence-electron chi connectivity index (χ1n) is 8.64. The molecule has 1 heterocycles. The van der Waals surface area contributed by atoms with Gasteiger partial charge in [0.05, 0.1) is 5.57 Å². The first kappa shape index (κ1) is 17.2. The molecule has 0 saturated heterocycles. The van der Waals surface area contributed by atoms with Crippen LogP contribution in [0.5, 0.6) is 0 Å². The van der Waals surface area contributed by atoms with Crippen molar-refractivity contribution >= 4 is 33.5 Å². The minimum absolute atomic E-state index is 0.127. The maximum Gasteiger partial charge on any atom is 0.335 e. The van der Waals surface area contributed by atoms with Gasteiger partial charge >= 0.3 is 5.97 Å². The zero-order chi connectivity index (χ0) is 18.0. The van der Waals surface area contributed by atoms with E-state index >= 15 is 0 Å². The average Bonchev–Trinajstić information content (AvgIpc) is 3.00. The highest BCUT2D eigenvalue weighted by molar-refractivity contribution is 6.17. The maximum atomic E-state index is 11.5. The second kappa shape index (κ2) is 7.11. The van der Waals surface area contributed by atoms with Crippen molar-refractivity contribution < 1.29 is 14.3 Å². The Kier molecular flexibility index (Phi) is 4.91. The number of likely N-dealkylation sites (N-methyl/N-ethyl adjacent to an activating group) is 1. The third-order valence-corrected chi connectivity index (χ3v) is 4.81. The number of para-hydroxylation sites is 1. The summed E-state index contributed by atoms with van der Waals surface area (Å²) in [6.07, 6.45) is 0.754. The summed E-state index contributed by atoms with van der Waals surface area (Å²) in [7, 11) is 0. The molecule has 0 radical (unpaired) electrons. The number of rotatable bonds is 7. The first-order chi connectivity index (χ1) is 12.1. The highest BCUT2D eigenvalue weighted by atomic mass is 16.4. The van der Waals surface area contributed by atoms with Crippen LogP contribution in [-0.4, -0.2) is 35.6 Å². The zero-order valence-electron chi connectivity index (χ0n) is 14.7. The lowest BCUT2D eigenvalue weighted by Crippen LogP contribution is -2.25. The second-order valence-electron chi connectivity index (χ2n) is 6.12. The molecule has 0 aliphatic heterocycles. The molecular formula is C21H23NO3. The van der Waals surface area contributed by atoms with Crippen molar-refractivity contribution in [2.24, 2.45) is 0 Å². The van der Waals surface area contributed by atoms with Gasteiger partial charge in [0.15, 0.2) is 0 Å². The van der Waals surface area contributed by atoms with Gasteiger partial charge in [0.2, 0.25) is 0 Å². The van der Waals surface area contributed by atoms with Gasteiger partial charge in [0.1, 0.15) is 11.2 Å². The number of furan rings is 1. The molecule has 2 aromatic carbocycles. The molecule has 25 heavy (non-hydrogen) atoms. The van der Waals surface area contributed by atoms with Crippen molar-refractivity contribution in [1.29, 1.82) is 0 Å². The second-order valence-corrected chi connectivity index (χ2v) is 6.12. The number of nitrogens with zero attached hydrogens (tertiary/aromatic N) is 1.